The van der Waals surface area contributed by atoms with Gasteiger partial charge in [0, 0.05) is 0 Å². The van der Waals surface area contributed by atoms with Crippen LogP contribution in [-0.4, -0.2) is 83.7 Å². The molecule has 1 fully saturated rings. The highest BCUT2D eigenvalue weighted by Crippen LogP contribution is 2.33. The van der Waals surface area contributed by atoms with Crippen molar-refractivity contribution in [2.24, 2.45) is 5.92 Å². The third kappa shape index (κ3) is 7.55. The predicted octanol–water partition coefficient (Wildman–Crippen LogP) is 1.78. The minimum absolute atomic E-state index is 0.0322. The van der Waals surface area contributed by atoms with Gasteiger partial charge in [-0.05, 0) is 43.7 Å². The molecule has 1 aliphatic carbocycles. The first-order valence-electron chi connectivity index (χ1n) is 11.5. The Labute approximate surface area is 221 Å². The lowest BCUT2D eigenvalue weighted by Gasteiger charge is -2.29. The number of rotatable bonds is 10. The fraction of sp³-hybridized carbons (Fsp3) is 0.591. The minimum atomic E-state index is -5.22. The normalized spacial score (nSPS) is 19.0. The second-order valence-electron chi connectivity index (χ2n) is 8.82. The van der Waals surface area contributed by atoms with E-state index in [4.69, 9.17) is 32.8 Å². The lowest BCUT2D eigenvalue weighted by atomic mass is 9.74. The van der Waals surface area contributed by atoms with Crippen molar-refractivity contribution in [3.63, 3.8) is 0 Å². The largest absolute Gasteiger partial charge is 0.478 e. The third-order valence-electron chi connectivity index (χ3n) is 6.41. The number of ether oxygens (including phenoxy) is 2. The molecule has 0 saturated heterocycles. The highest BCUT2D eigenvalue weighted by molar-refractivity contribution is 7.85. The summed E-state index contributed by atoms with van der Waals surface area (Å²) in [6.07, 6.45) is -9.44. The molecular formula is C22H24B3F3O9S. The summed E-state index contributed by atoms with van der Waals surface area (Å²) >= 11 is 0. The molecule has 1 atom stereocenters. The van der Waals surface area contributed by atoms with E-state index in [1.54, 1.807) is 0 Å². The van der Waals surface area contributed by atoms with Crippen LogP contribution in [0.25, 0.3) is 0 Å². The zero-order valence-corrected chi connectivity index (χ0v) is 21.2. The van der Waals surface area contributed by atoms with Crippen LogP contribution >= 0.6 is 0 Å². The molecule has 2 N–H and O–H groups in total. The topological polar surface area (TPSA) is 144 Å². The van der Waals surface area contributed by atoms with Crippen LogP contribution in [0.3, 0.4) is 0 Å². The number of alkyl halides is 3. The Morgan fingerprint density at radius 3 is 1.92 bits per heavy atom. The number of aromatic carboxylic acids is 1. The van der Waals surface area contributed by atoms with Crippen LogP contribution in [0, 0.1) is 12.8 Å². The molecule has 202 valence electrons. The zero-order valence-electron chi connectivity index (χ0n) is 20.4. The number of carbonyl (C=O) groups excluding carboxylic acids is 2. The van der Waals surface area contributed by atoms with E-state index in [9.17, 15) is 41.1 Å². The van der Waals surface area contributed by atoms with Crippen molar-refractivity contribution in [2.45, 2.75) is 70.0 Å². The molecule has 1 aromatic rings. The summed E-state index contributed by atoms with van der Waals surface area (Å²) in [6.45, 7) is 1.48. The van der Waals surface area contributed by atoms with Gasteiger partial charge < -0.3 is 14.6 Å². The van der Waals surface area contributed by atoms with Gasteiger partial charge in [0.15, 0.2) is 0 Å². The summed E-state index contributed by atoms with van der Waals surface area (Å²) in [6, 6.07) is 0. The standard InChI is InChI=1S/C22H24B3F3O9S/c1-10-13(6-23)14(7-24)15(8-25)18(17(10)19(29)30)21(32)36-12-4-2-11(3-5-12)20(31)37-16(22(26,27)28)9-38(33,34)35/h11-12,16H,2-9H2,1H3,(H,29,30)(H,33,34,35). The molecule has 1 unspecified atom stereocenters. The highest BCUT2D eigenvalue weighted by Gasteiger charge is 2.46. The molecule has 1 saturated carbocycles. The molecule has 0 heterocycles. The van der Waals surface area contributed by atoms with Crippen molar-refractivity contribution in [3.05, 3.63) is 33.4 Å². The number of hydrogen-bond donors (Lipinski definition) is 2. The average molecular weight is 554 g/mol. The van der Waals surface area contributed by atoms with Crippen LogP contribution in [-0.2, 0) is 43.3 Å². The Morgan fingerprint density at radius 2 is 1.50 bits per heavy atom. The SMILES string of the molecule is [B]Cc1c(C)c(C(=O)O)c(C(=O)OC2CCC(C(=O)OC(CS(=O)(=O)O)C(F)(F)F)CC2)c(C[B])c1C[B]. The summed E-state index contributed by atoms with van der Waals surface area (Å²) in [5.41, 5.74) is 0.694. The van der Waals surface area contributed by atoms with Gasteiger partial charge in [-0.2, -0.15) is 21.6 Å². The Hall–Kier alpha value is -2.48. The molecule has 9 nitrogen and oxygen atoms in total. The van der Waals surface area contributed by atoms with Crippen molar-refractivity contribution in [1.82, 2.24) is 0 Å². The van der Waals surface area contributed by atoms with Crippen molar-refractivity contribution < 1.29 is 55.1 Å². The number of carboxylic acids is 1. The van der Waals surface area contributed by atoms with E-state index < -0.39 is 58.1 Å². The van der Waals surface area contributed by atoms with Gasteiger partial charge in [0.25, 0.3) is 10.1 Å². The highest BCUT2D eigenvalue weighted by atomic mass is 32.2. The molecule has 1 aromatic carbocycles. The number of hydrogen-bond acceptors (Lipinski definition) is 7. The van der Waals surface area contributed by atoms with Crippen molar-refractivity contribution >= 4 is 51.6 Å². The lowest BCUT2D eigenvalue weighted by molar-refractivity contribution is -0.218. The van der Waals surface area contributed by atoms with Crippen LogP contribution in [0.4, 0.5) is 13.2 Å². The smallest absolute Gasteiger partial charge is 0.426 e. The van der Waals surface area contributed by atoms with Crippen LogP contribution < -0.4 is 0 Å². The summed E-state index contributed by atoms with van der Waals surface area (Å²) in [7, 11) is 12.3. The van der Waals surface area contributed by atoms with E-state index in [0.717, 1.165) is 0 Å². The van der Waals surface area contributed by atoms with Gasteiger partial charge in [-0.15, -0.1) is 0 Å². The van der Waals surface area contributed by atoms with Gasteiger partial charge >= 0.3 is 24.1 Å². The number of halogens is 3. The maximum atomic E-state index is 13.1. The van der Waals surface area contributed by atoms with Crippen LogP contribution in [0.2, 0.25) is 0 Å². The molecule has 0 spiro atoms. The van der Waals surface area contributed by atoms with Crippen molar-refractivity contribution in [1.29, 1.82) is 0 Å². The van der Waals surface area contributed by atoms with Gasteiger partial charge in [-0.1, -0.05) is 30.1 Å². The molecule has 6 radical (unpaired) electrons. The molecule has 2 rings (SSSR count). The van der Waals surface area contributed by atoms with Gasteiger partial charge in [0.05, 0.1) is 40.6 Å². The first-order valence-corrected chi connectivity index (χ1v) is 13.1. The van der Waals surface area contributed by atoms with Crippen LogP contribution in [0.1, 0.15) is 68.7 Å². The number of carboxylic acid groups (broad SMARTS) is 1. The Bertz CT molecular complexity index is 1180. The fourth-order valence-electron chi connectivity index (χ4n) is 4.54. The quantitative estimate of drug-likeness (QED) is 0.251. The third-order valence-corrected chi connectivity index (χ3v) is 7.13. The van der Waals surface area contributed by atoms with Gasteiger partial charge in [-0.3, -0.25) is 9.35 Å². The molecule has 16 heteroatoms. The zero-order chi connectivity index (χ0) is 29.0. The molecule has 0 amide bonds. The van der Waals surface area contributed by atoms with E-state index in [2.05, 4.69) is 4.74 Å². The molecule has 0 aliphatic heterocycles. The predicted molar refractivity (Wildman–Crippen MR) is 130 cm³/mol. The molecule has 0 bridgehead atoms. The van der Waals surface area contributed by atoms with Crippen LogP contribution in [0.15, 0.2) is 0 Å². The lowest BCUT2D eigenvalue weighted by Crippen LogP contribution is -2.41. The van der Waals surface area contributed by atoms with Gasteiger partial charge in [0.2, 0.25) is 6.10 Å². The summed E-state index contributed by atoms with van der Waals surface area (Å²) in [5, 5.41) is 9.79. The maximum absolute atomic E-state index is 13.1. The molecule has 1 aliphatic rings. The van der Waals surface area contributed by atoms with Crippen molar-refractivity contribution in [2.75, 3.05) is 5.75 Å². The number of benzene rings is 1. The minimum Gasteiger partial charge on any atom is -0.478 e. The second-order valence-corrected chi connectivity index (χ2v) is 10.3. The molecule has 38 heavy (non-hydrogen) atoms. The monoisotopic (exact) mass is 554 g/mol. The Kier molecular flexibility index (Phi) is 10.5. The summed E-state index contributed by atoms with van der Waals surface area (Å²) in [5.74, 6) is -6.57. The van der Waals surface area contributed by atoms with Crippen molar-refractivity contribution in [3.8, 4) is 0 Å². The van der Waals surface area contributed by atoms with Gasteiger partial charge in [-0.25, -0.2) is 9.59 Å². The van der Waals surface area contributed by atoms with Crippen LogP contribution in [0.5, 0.6) is 0 Å². The van der Waals surface area contributed by atoms with E-state index in [-0.39, 0.29) is 66.9 Å². The fourth-order valence-corrected chi connectivity index (χ4v) is 5.18. The Morgan fingerprint density at radius 1 is 0.974 bits per heavy atom. The van der Waals surface area contributed by atoms with E-state index >= 15 is 0 Å². The number of esters is 2. The molecule has 0 aromatic heterocycles. The summed E-state index contributed by atoms with van der Waals surface area (Å²) < 4.78 is 79.5. The first-order chi connectivity index (χ1) is 17.5. The van der Waals surface area contributed by atoms with E-state index in [1.165, 1.54) is 6.92 Å². The summed E-state index contributed by atoms with van der Waals surface area (Å²) in [4.78, 5) is 37.4. The second kappa shape index (κ2) is 12.6. The number of carbonyl (C=O) groups is 3. The maximum Gasteiger partial charge on any atom is 0.426 e. The first kappa shape index (κ1) is 31.7. The Balaban J connectivity index is 2.19. The molecular weight excluding hydrogens is 530 g/mol. The van der Waals surface area contributed by atoms with Gasteiger partial charge in [0.1, 0.15) is 11.9 Å². The average Bonchev–Trinajstić information content (AvgIpc) is 2.81. The van der Waals surface area contributed by atoms with E-state index in [1.807, 2.05) is 0 Å². The van der Waals surface area contributed by atoms with E-state index in [0.29, 0.717) is 11.1 Å².